The number of hydrogen-bond acceptors (Lipinski definition) is 3. The molecule has 3 rings (SSSR count). The van der Waals surface area contributed by atoms with E-state index in [-0.39, 0.29) is 6.04 Å². The monoisotopic (exact) mass is 438 g/mol. The topological polar surface area (TPSA) is 68.2 Å². The van der Waals surface area contributed by atoms with Gasteiger partial charge in [-0.2, -0.15) is 0 Å². The molecule has 0 spiro atoms. The minimum absolute atomic E-state index is 0.312. The zero-order valence-corrected chi connectivity index (χ0v) is 16.8. The number of Topliss-reactive ketones (excluding diaryl/α,β-unsaturated/α-hetero) is 1. The van der Waals surface area contributed by atoms with Crippen molar-refractivity contribution in [2.24, 2.45) is 0 Å². The highest BCUT2D eigenvalue weighted by atomic mass is 79.9. The molecule has 5 nitrogen and oxygen atoms in total. The summed E-state index contributed by atoms with van der Waals surface area (Å²) < 4.78 is 1.98. The maximum atomic E-state index is 13.1. The minimum atomic E-state index is -1.29. The number of carbonyl (C=O) groups excluding carboxylic acids is 2. The highest BCUT2D eigenvalue weighted by Crippen LogP contribution is 2.19. The number of benzene rings is 2. The van der Waals surface area contributed by atoms with E-state index in [1.54, 1.807) is 36.4 Å². The van der Waals surface area contributed by atoms with Crippen molar-refractivity contribution < 1.29 is 9.59 Å². The van der Waals surface area contributed by atoms with Crippen LogP contribution in [0.15, 0.2) is 88.3 Å². The van der Waals surface area contributed by atoms with E-state index < -0.39 is 23.3 Å². The fraction of sp³-hybridized carbons (Fsp3) is 0.136. The molecule has 0 saturated carbocycles. The summed E-state index contributed by atoms with van der Waals surface area (Å²) in [5.41, 5.74) is 0.845. The van der Waals surface area contributed by atoms with Crippen molar-refractivity contribution in [3.05, 3.63) is 105 Å². The van der Waals surface area contributed by atoms with Gasteiger partial charge in [-0.25, -0.2) is 0 Å². The van der Waals surface area contributed by atoms with Gasteiger partial charge in [-0.15, -0.1) is 0 Å². The van der Waals surface area contributed by atoms with E-state index in [2.05, 4.69) is 21.2 Å². The first kappa shape index (κ1) is 19.8. The molecule has 142 valence electrons. The maximum Gasteiger partial charge on any atom is 0.251 e. The molecular weight excluding hydrogens is 420 g/mol. The third-order valence-corrected chi connectivity index (χ3v) is 4.94. The predicted octanol–water partition coefficient (Wildman–Crippen LogP) is 3.91. The molecule has 1 N–H and O–H groups in total. The van der Waals surface area contributed by atoms with Crippen molar-refractivity contribution in [2.45, 2.75) is 19.0 Å². The van der Waals surface area contributed by atoms with E-state index in [0.29, 0.717) is 5.56 Å². The number of halogens is 1. The Morgan fingerprint density at radius 3 is 2.21 bits per heavy atom. The number of ketones is 1. The van der Waals surface area contributed by atoms with Crippen LogP contribution in [-0.2, 0) is 4.79 Å². The lowest BCUT2D eigenvalue weighted by Gasteiger charge is -2.21. The molecule has 28 heavy (non-hydrogen) atoms. The second-order valence-corrected chi connectivity index (χ2v) is 7.28. The van der Waals surface area contributed by atoms with Crippen LogP contribution < -0.4 is 10.9 Å². The molecule has 3 aromatic rings. The van der Waals surface area contributed by atoms with Crippen LogP contribution in [0.4, 0.5) is 0 Å². The average molecular weight is 439 g/mol. The molecule has 0 bridgehead atoms. The highest BCUT2D eigenvalue weighted by Gasteiger charge is 2.31. The van der Waals surface area contributed by atoms with Gasteiger partial charge in [-0.1, -0.05) is 64.5 Å². The SMILES string of the molecule is CC(NC(=O)C(C(=O)c1ccc(Br)cc1)n1ccccc1=O)c1ccccc1. The van der Waals surface area contributed by atoms with E-state index >= 15 is 0 Å². The zero-order valence-electron chi connectivity index (χ0n) is 15.2. The van der Waals surface area contributed by atoms with Crippen molar-refractivity contribution >= 4 is 27.6 Å². The third kappa shape index (κ3) is 4.46. The summed E-state index contributed by atoms with van der Waals surface area (Å²) in [5.74, 6) is -0.976. The van der Waals surface area contributed by atoms with Crippen molar-refractivity contribution in [3.8, 4) is 0 Å². The molecule has 2 atom stereocenters. The Morgan fingerprint density at radius 1 is 0.929 bits per heavy atom. The number of carbonyl (C=O) groups is 2. The van der Waals surface area contributed by atoms with Gasteiger partial charge in [0.15, 0.2) is 11.8 Å². The molecule has 0 aliphatic carbocycles. The van der Waals surface area contributed by atoms with Gasteiger partial charge in [-0.05, 0) is 30.7 Å². The van der Waals surface area contributed by atoms with Gasteiger partial charge >= 0.3 is 0 Å². The molecule has 0 aliphatic heterocycles. The largest absolute Gasteiger partial charge is 0.347 e. The van der Waals surface area contributed by atoms with E-state index in [0.717, 1.165) is 14.6 Å². The van der Waals surface area contributed by atoms with E-state index in [1.165, 1.54) is 12.3 Å². The number of rotatable bonds is 6. The van der Waals surface area contributed by atoms with Gasteiger partial charge in [0.05, 0.1) is 6.04 Å². The molecule has 1 heterocycles. The van der Waals surface area contributed by atoms with Gasteiger partial charge in [0, 0.05) is 22.3 Å². The van der Waals surface area contributed by atoms with Crippen molar-refractivity contribution in [1.82, 2.24) is 9.88 Å². The summed E-state index contributed by atoms with van der Waals surface area (Å²) in [6.45, 7) is 1.84. The van der Waals surface area contributed by atoms with Crippen LogP contribution in [0.2, 0.25) is 0 Å². The number of amides is 1. The Bertz CT molecular complexity index is 1030. The Labute approximate surface area is 171 Å². The van der Waals surface area contributed by atoms with Gasteiger partial charge in [0.1, 0.15) is 0 Å². The van der Waals surface area contributed by atoms with Gasteiger partial charge < -0.3 is 5.32 Å². The Kier molecular flexibility index (Phi) is 6.21. The predicted molar refractivity (Wildman–Crippen MR) is 111 cm³/mol. The fourth-order valence-corrected chi connectivity index (χ4v) is 3.18. The molecule has 2 aromatic carbocycles. The summed E-state index contributed by atoms with van der Waals surface area (Å²) in [5, 5.41) is 2.86. The van der Waals surface area contributed by atoms with Crippen molar-refractivity contribution in [3.63, 3.8) is 0 Å². The summed E-state index contributed by atoms with van der Waals surface area (Å²) in [6, 6.07) is 19.1. The first-order valence-electron chi connectivity index (χ1n) is 8.79. The Balaban J connectivity index is 1.95. The normalized spacial score (nSPS) is 12.8. The van der Waals surface area contributed by atoms with E-state index in [1.807, 2.05) is 37.3 Å². The number of nitrogens with zero attached hydrogens (tertiary/aromatic N) is 1. The molecule has 0 saturated heterocycles. The number of nitrogens with one attached hydrogen (secondary N) is 1. The Morgan fingerprint density at radius 2 is 1.57 bits per heavy atom. The second-order valence-electron chi connectivity index (χ2n) is 6.36. The lowest BCUT2D eigenvalue weighted by atomic mass is 10.0. The molecule has 0 aliphatic rings. The van der Waals surface area contributed by atoms with Crippen LogP contribution in [0.25, 0.3) is 0 Å². The fourth-order valence-electron chi connectivity index (χ4n) is 2.91. The standard InChI is InChI=1S/C22H19BrN2O3/c1-15(16-7-3-2-4-8-16)24-22(28)20(25-14-6-5-9-19(25)26)21(27)17-10-12-18(23)13-11-17/h2-15,20H,1H3,(H,24,28). The molecule has 1 aromatic heterocycles. The quantitative estimate of drug-likeness (QED) is 0.468. The summed E-state index contributed by atoms with van der Waals surface area (Å²) in [7, 11) is 0. The minimum Gasteiger partial charge on any atom is -0.347 e. The summed E-state index contributed by atoms with van der Waals surface area (Å²) in [4.78, 5) is 38.5. The number of hydrogen-bond donors (Lipinski definition) is 1. The van der Waals surface area contributed by atoms with Crippen molar-refractivity contribution in [2.75, 3.05) is 0 Å². The van der Waals surface area contributed by atoms with Crippen LogP contribution in [0.3, 0.4) is 0 Å². The molecule has 6 heteroatoms. The van der Waals surface area contributed by atoms with Crippen LogP contribution >= 0.6 is 15.9 Å². The molecule has 0 fully saturated rings. The molecule has 2 unspecified atom stereocenters. The maximum absolute atomic E-state index is 13.1. The van der Waals surface area contributed by atoms with Crippen LogP contribution in [0.5, 0.6) is 0 Å². The van der Waals surface area contributed by atoms with Gasteiger partial charge in [-0.3, -0.25) is 19.0 Å². The van der Waals surface area contributed by atoms with Gasteiger partial charge in [0.2, 0.25) is 0 Å². The number of aromatic nitrogens is 1. The van der Waals surface area contributed by atoms with E-state index in [4.69, 9.17) is 0 Å². The average Bonchev–Trinajstić information content (AvgIpc) is 2.70. The van der Waals surface area contributed by atoms with Crippen molar-refractivity contribution in [1.29, 1.82) is 0 Å². The van der Waals surface area contributed by atoms with Crippen LogP contribution in [0.1, 0.15) is 34.9 Å². The third-order valence-electron chi connectivity index (χ3n) is 4.41. The van der Waals surface area contributed by atoms with Gasteiger partial charge in [0.25, 0.3) is 11.5 Å². The molecular formula is C22H19BrN2O3. The van der Waals surface area contributed by atoms with Crippen LogP contribution in [0, 0.1) is 0 Å². The lowest BCUT2D eigenvalue weighted by Crippen LogP contribution is -2.42. The first-order chi connectivity index (χ1) is 13.5. The van der Waals surface area contributed by atoms with Crippen LogP contribution in [-0.4, -0.2) is 16.3 Å². The summed E-state index contributed by atoms with van der Waals surface area (Å²) in [6.07, 6.45) is 1.45. The van der Waals surface area contributed by atoms with E-state index in [9.17, 15) is 14.4 Å². The lowest BCUT2D eigenvalue weighted by molar-refractivity contribution is -0.123. The molecule has 0 radical (unpaired) electrons. The smallest absolute Gasteiger partial charge is 0.251 e. The second kappa shape index (κ2) is 8.80. The highest BCUT2D eigenvalue weighted by molar-refractivity contribution is 9.10. The molecule has 1 amide bonds. The summed E-state index contributed by atoms with van der Waals surface area (Å²) >= 11 is 3.33. The first-order valence-corrected chi connectivity index (χ1v) is 9.59. The zero-order chi connectivity index (χ0) is 20.1. The Hall–Kier alpha value is -2.99. The number of pyridine rings is 1.